The Labute approximate surface area is 174 Å². The van der Waals surface area contributed by atoms with E-state index in [2.05, 4.69) is 28.8 Å². The average Bonchev–Trinajstić information content (AvgIpc) is 3.17. The van der Waals surface area contributed by atoms with E-state index in [1.165, 1.54) is 0 Å². The van der Waals surface area contributed by atoms with Crippen molar-refractivity contribution in [3.05, 3.63) is 10.4 Å². The fourth-order valence-electron chi connectivity index (χ4n) is 5.45. The molecule has 4 atom stereocenters. The van der Waals surface area contributed by atoms with Gasteiger partial charge in [0.15, 0.2) is 0 Å². The Morgan fingerprint density at radius 2 is 1.90 bits per heavy atom. The second-order valence-corrected chi connectivity index (χ2v) is 10.3. The lowest BCUT2D eigenvalue weighted by molar-refractivity contribution is -0.145. The molecule has 0 aromatic heterocycles. The van der Waals surface area contributed by atoms with E-state index in [0.29, 0.717) is 25.2 Å². The molecule has 2 heterocycles. The van der Waals surface area contributed by atoms with Gasteiger partial charge in [-0.25, -0.2) is 0 Å². The molecule has 0 spiro atoms. The Kier molecular flexibility index (Phi) is 6.00. The van der Waals surface area contributed by atoms with Crippen molar-refractivity contribution >= 4 is 13.1 Å². The Morgan fingerprint density at radius 3 is 2.41 bits per heavy atom. The molecule has 8 nitrogen and oxygen atoms in total. The predicted molar refractivity (Wildman–Crippen MR) is 111 cm³/mol. The second-order valence-electron chi connectivity index (χ2n) is 10.3. The highest BCUT2D eigenvalue weighted by Gasteiger charge is 2.60. The van der Waals surface area contributed by atoms with Crippen molar-refractivity contribution < 1.29 is 19.2 Å². The van der Waals surface area contributed by atoms with E-state index in [9.17, 15) is 9.90 Å². The van der Waals surface area contributed by atoms with Crippen molar-refractivity contribution in [1.29, 1.82) is 0 Å². The highest BCUT2D eigenvalue weighted by atomic mass is 16.7. The minimum Gasteiger partial charge on any atom is -0.481 e. The molecule has 3 aliphatic rings. The van der Waals surface area contributed by atoms with Gasteiger partial charge < -0.3 is 19.3 Å². The predicted octanol–water partition coefficient (Wildman–Crippen LogP) is 3.97. The first-order valence-electron chi connectivity index (χ1n) is 10.8. The molecule has 162 valence electrons. The molecule has 29 heavy (non-hydrogen) atoms. The van der Waals surface area contributed by atoms with Crippen LogP contribution in [0.4, 0.5) is 0 Å². The molecule has 3 rings (SSSR count). The van der Waals surface area contributed by atoms with Crippen molar-refractivity contribution in [2.75, 3.05) is 13.1 Å². The van der Waals surface area contributed by atoms with Gasteiger partial charge >= 0.3 is 13.1 Å². The van der Waals surface area contributed by atoms with Crippen LogP contribution in [0.25, 0.3) is 10.4 Å². The summed E-state index contributed by atoms with van der Waals surface area (Å²) in [5.41, 5.74) is 7.06. The van der Waals surface area contributed by atoms with Crippen LogP contribution in [-0.4, -0.2) is 59.0 Å². The number of rotatable bonds is 7. The van der Waals surface area contributed by atoms with Crippen molar-refractivity contribution in [3.63, 3.8) is 0 Å². The maximum Gasteiger partial charge on any atom is 0.457 e. The van der Waals surface area contributed by atoms with E-state index >= 15 is 0 Å². The highest BCUT2D eigenvalue weighted by molar-refractivity contribution is 6.45. The first-order valence-corrected chi connectivity index (χ1v) is 10.8. The SMILES string of the molecule is CC(C)N1C[C@@H]2C[C@@](N=[N+]=[N-])(C(=O)O)[C@@H](CCCB3OC(C)(C)C(C)(C)O3)[C@@H]2C1. The molecule has 0 aromatic carbocycles. The quantitative estimate of drug-likeness (QED) is 0.298. The number of nitrogens with zero attached hydrogens (tertiary/aromatic N) is 4. The molecule has 1 N–H and O–H groups in total. The lowest BCUT2D eigenvalue weighted by atomic mass is 9.75. The van der Waals surface area contributed by atoms with E-state index in [1.807, 2.05) is 27.7 Å². The van der Waals surface area contributed by atoms with Gasteiger partial charge in [0.1, 0.15) is 5.54 Å². The van der Waals surface area contributed by atoms with Crippen LogP contribution < -0.4 is 0 Å². The lowest BCUT2D eigenvalue weighted by Crippen LogP contribution is -2.44. The third-order valence-electron chi connectivity index (χ3n) is 7.80. The van der Waals surface area contributed by atoms with Crippen LogP contribution in [0, 0.1) is 17.8 Å². The first kappa shape index (κ1) is 22.4. The third-order valence-corrected chi connectivity index (χ3v) is 7.80. The molecule has 2 saturated heterocycles. The zero-order valence-corrected chi connectivity index (χ0v) is 18.6. The number of likely N-dealkylation sites (tertiary alicyclic amines) is 1. The number of carbonyl (C=O) groups is 1. The number of hydrogen-bond acceptors (Lipinski definition) is 5. The van der Waals surface area contributed by atoms with Gasteiger partial charge in [-0.15, -0.1) is 0 Å². The van der Waals surface area contributed by atoms with Gasteiger partial charge in [0.05, 0.1) is 11.2 Å². The molecule has 0 aromatic rings. The molecule has 3 fully saturated rings. The largest absolute Gasteiger partial charge is 0.481 e. The number of carboxylic acid groups (broad SMARTS) is 1. The van der Waals surface area contributed by atoms with Gasteiger partial charge in [0.2, 0.25) is 0 Å². The van der Waals surface area contributed by atoms with E-state index in [4.69, 9.17) is 14.8 Å². The second kappa shape index (κ2) is 7.76. The Morgan fingerprint density at radius 1 is 1.28 bits per heavy atom. The average molecular weight is 406 g/mol. The van der Waals surface area contributed by atoms with Crippen LogP contribution in [0.2, 0.25) is 6.32 Å². The van der Waals surface area contributed by atoms with Gasteiger partial charge in [0.25, 0.3) is 0 Å². The molecule has 0 bridgehead atoms. The van der Waals surface area contributed by atoms with Gasteiger partial charge in [0, 0.05) is 24.0 Å². The number of hydrogen-bond donors (Lipinski definition) is 1. The summed E-state index contributed by atoms with van der Waals surface area (Å²) in [6.07, 6.45) is 2.62. The summed E-state index contributed by atoms with van der Waals surface area (Å²) in [4.78, 5) is 17.6. The van der Waals surface area contributed by atoms with Gasteiger partial charge in [-0.1, -0.05) is 11.5 Å². The van der Waals surface area contributed by atoms with Crippen molar-refractivity contribution in [3.8, 4) is 0 Å². The zero-order chi connectivity index (χ0) is 21.6. The van der Waals surface area contributed by atoms with Crippen LogP contribution in [0.15, 0.2) is 5.11 Å². The molecule has 0 unspecified atom stereocenters. The maximum absolute atomic E-state index is 12.2. The third kappa shape index (κ3) is 3.90. The van der Waals surface area contributed by atoms with Crippen molar-refractivity contribution in [2.24, 2.45) is 22.9 Å². The number of fused-ring (bicyclic) bond motifs is 1. The molecule has 1 saturated carbocycles. The molecule has 9 heteroatoms. The van der Waals surface area contributed by atoms with E-state index in [-0.39, 0.29) is 36.1 Å². The minimum atomic E-state index is -1.33. The summed E-state index contributed by atoms with van der Waals surface area (Å²) in [7, 11) is -0.286. The molecule has 1 aliphatic carbocycles. The van der Waals surface area contributed by atoms with Crippen LogP contribution in [0.3, 0.4) is 0 Å². The van der Waals surface area contributed by atoms with Gasteiger partial charge in [-0.05, 0) is 84.0 Å². The Hall–Kier alpha value is -1.28. The Bertz CT molecular complexity index is 674. The zero-order valence-electron chi connectivity index (χ0n) is 18.6. The molecule has 0 radical (unpaired) electrons. The summed E-state index contributed by atoms with van der Waals surface area (Å²) in [6.45, 7) is 14.2. The maximum atomic E-state index is 12.2. The molecule has 0 amide bonds. The summed E-state index contributed by atoms with van der Waals surface area (Å²) in [5.74, 6) is -0.633. The standard InChI is InChI=1S/C20H35BN4O4/c1-13(2)25-11-14-10-20(17(26)27,23-24-22)16(15(14)12-25)8-7-9-21-28-18(3,4)19(5,6)29-21/h13-16H,7-12H2,1-6H3,(H,26,27)/t14-,15+,16-,20-/m0/s1. The summed E-state index contributed by atoms with van der Waals surface area (Å²) < 4.78 is 12.2. The highest BCUT2D eigenvalue weighted by Crippen LogP contribution is 2.53. The summed E-state index contributed by atoms with van der Waals surface area (Å²) in [6, 6.07) is 0.435. The molecular formula is C20H35BN4O4. The van der Waals surface area contributed by atoms with Crippen LogP contribution >= 0.6 is 0 Å². The van der Waals surface area contributed by atoms with E-state index in [1.54, 1.807) is 0 Å². The van der Waals surface area contributed by atoms with Gasteiger partial charge in [-0.2, -0.15) is 0 Å². The van der Waals surface area contributed by atoms with E-state index in [0.717, 1.165) is 19.5 Å². The summed E-state index contributed by atoms with van der Waals surface area (Å²) in [5, 5.41) is 13.9. The number of carboxylic acids is 1. The monoisotopic (exact) mass is 406 g/mol. The number of aliphatic carboxylic acids is 1. The summed E-state index contributed by atoms with van der Waals surface area (Å²) >= 11 is 0. The van der Waals surface area contributed by atoms with Crippen molar-refractivity contribution in [2.45, 2.75) is 89.9 Å². The number of azide groups is 1. The Balaban J connectivity index is 1.71. The van der Waals surface area contributed by atoms with E-state index < -0.39 is 11.5 Å². The lowest BCUT2D eigenvalue weighted by Gasteiger charge is -2.32. The normalized spacial score (nSPS) is 35.7. The topological polar surface area (TPSA) is 108 Å². The molecule has 2 aliphatic heterocycles. The smallest absolute Gasteiger partial charge is 0.457 e. The fourth-order valence-corrected chi connectivity index (χ4v) is 5.45. The fraction of sp³-hybridized carbons (Fsp3) is 0.950. The van der Waals surface area contributed by atoms with Gasteiger partial charge in [-0.3, -0.25) is 4.79 Å². The molecular weight excluding hydrogens is 371 g/mol. The van der Waals surface area contributed by atoms with Crippen molar-refractivity contribution in [1.82, 2.24) is 4.90 Å². The van der Waals surface area contributed by atoms with Crippen LogP contribution in [-0.2, 0) is 14.1 Å². The minimum absolute atomic E-state index is 0.160. The van der Waals surface area contributed by atoms with Crippen LogP contribution in [0.1, 0.15) is 60.8 Å². The first-order chi connectivity index (χ1) is 13.4. The van der Waals surface area contributed by atoms with Crippen LogP contribution in [0.5, 0.6) is 0 Å².